The molecule has 3 aromatic rings. The highest BCUT2D eigenvalue weighted by Gasteiger charge is 2.13. The van der Waals surface area contributed by atoms with E-state index in [1.54, 1.807) is 36.4 Å². The van der Waals surface area contributed by atoms with Crippen molar-refractivity contribution in [1.82, 2.24) is 5.32 Å². The number of amides is 2. The molecule has 0 bridgehead atoms. The molecule has 0 saturated carbocycles. The standard InChI is InChI=1S/C23H22N2O3/c1-17-11-13-18(14-12-17)15-24-22(26)16-28-21-10-6-5-9-20(21)23(27)25-19-7-3-2-4-8-19/h2-14H,15-16H2,1H3,(H,24,26)(H,25,27). The lowest BCUT2D eigenvalue weighted by Gasteiger charge is -2.12. The van der Waals surface area contributed by atoms with Crippen molar-refractivity contribution in [1.29, 1.82) is 0 Å². The molecule has 3 rings (SSSR count). The van der Waals surface area contributed by atoms with Crippen molar-refractivity contribution in [3.05, 3.63) is 95.6 Å². The van der Waals surface area contributed by atoms with Crippen LogP contribution in [0.4, 0.5) is 5.69 Å². The third-order valence-corrected chi connectivity index (χ3v) is 4.13. The van der Waals surface area contributed by atoms with Crippen LogP contribution in [0.2, 0.25) is 0 Å². The number of para-hydroxylation sites is 2. The molecular weight excluding hydrogens is 352 g/mol. The average Bonchev–Trinajstić information content (AvgIpc) is 2.73. The summed E-state index contributed by atoms with van der Waals surface area (Å²) in [5.41, 5.74) is 3.25. The number of hydrogen-bond acceptors (Lipinski definition) is 3. The number of benzene rings is 3. The summed E-state index contributed by atoms with van der Waals surface area (Å²) in [7, 11) is 0. The van der Waals surface area contributed by atoms with Crippen molar-refractivity contribution in [3.8, 4) is 5.75 Å². The minimum atomic E-state index is -0.290. The van der Waals surface area contributed by atoms with Gasteiger partial charge in [-0.25, -0.2) is 0 Å². The number of hydrogen-bond donors (Lipinski definition) is 2. The number of rotatable bonds is 7. The van der Waals surface area contributed by atoms with Crippen molar-refractivity contribution in [2.24, 2.45) is 0 Å². The minimum Gasteiger partial charge on any atom is -0.483 e. The monoisotopic (exact) mass is 374 g/mol. The van der Waals surface area contributed by atoms with Crippen LogP contribution < -0.4 is 15.4 Å². The minimum absolute atomic E-state index is 0.165. The number of ether oxygens (including phenoxy) is 1. The van der Waals surface area contributed by atoms with Gasteiger partial charge < -0.3 is 15.4 Å². The maximum absolute atomic E-state index is 12.5. The summed E-state index contributed by atoms with van der Waals surface area (Å²) in [6.45, 7) is 2.28. The number of carbonyl (C=O) groups excluding carboxylic acids is 2. The molecule has 28 heavy (non-hydrogen) atoms. The topological polar surface area (TPSA) is 67.4 Å². The molecular formula is C23H22N2O3. The van der Waals surface area contributed by atoms with E-state index >= 15 is 0 Å². The van der Waals surface area contributed by atoms with Gasteiger partial charge in [-0.3, -0.25) is 9.59 Å². The predicted octanol–water partition coefficient (Wildman–Crippen LogP) is 3.94. The van der Waals surface area contributed by atoms with Gasteiger partial charge in [0.2, 0.25) is 0 Å². The summed E-state index contributed by atoms with van der Waals surface area (Å²) in [4.78, 5) is 24.6. The first-order valence-electron chi connectivity index (χ1n) is 9.02. The Morgan fingerprint density at radius 3 is 2.29 bits per heavy atom. The fourth-order valence-corrected chi connectivity index (χ4v) is 2.60. The molecule has 0 aliphatic carbocycles. The summed E-state index contributed by atoms with van der Waals surface area (Å²) in [5.74, 6) is -0.179. The van der Waals surface area contributed by atoms with Crippen molar-refractivity contribution >= 4 is 17.5 Å². The van der Waals surface area contributed by atoms with Crippen LogP contribution in [-0.2, 0) is 11.3 Å². The molecule has 0 aliphatic heterocycles. The third-order valence-electron chi connectivity index (χ3n) is 4.13. The van der Waals surface area contributed by atoms with E-state index in [0.29, 0.717) is 23.5 Å². The van der Waals surface area contributed by atoms with Crippen LogP contribution in [0.5, 0.6) is 5.75 Å². The smallest absolute Gasteiger partial charge is 0.259 e. The van der Waals surface area contributed by atoms with Gasteiger partial charge in [0.25, 0.3) is 11.8 Å². The Labute approximate surface area is 164 Å². The van der Waals surface area contributed by atoms with Crippen LogP contribution in [0.15, 0.2) is 78.9 Å². The predicted molar refractivity (Wildman–Crippen MR) is 109 cm³/mol. The molecule has 2 amide bonds. The summed E-state index contributed by atoms with van der Waals surface area (Å²) < 4.78 is 5.59. The Morgan fingerprint density at radius 2 is 1.54 bits per heavy atom. The maximum Gasteiger partial charge on any atom is 0.259 e. The van der Waals surface area contributed by atoms with E-state index in [2.05, 4.69) is 10.6 Å². The Hall–Kier alpha value is -3.60. The normalized spacial score (nSPS) is 10.2. The summed E-state index contributed by atoms with van der Waals surface area (Å²) in [5, 5.41) is 5.63. The van der Waals surface area contributed by atoms with Gasteiger partial charge in [-0.05, 0) is 36.8 Å². The Bertz CT molecular complexity index is 938. The van der Waals surface area contributed by atoms with Crippen LogP contribution in [-0.4, -0.2) is 18.4 Å². The molecule has 0 spiro atoms. The van der Waals surface area contributed by atoms with E-state index in [1.807, 2.05) is 49.4 Å². The van der Waals surface area contributed by atoms with Crippen molar-refractivity contribution in [2.45, 2.75) is 13.5 Å². The van der Waals surface area contributed by atoms with Crippen molar-refractivity contribution < 1.29 is 14.3 Å². The zero-order chi connectivity index (χ0) is 19.8. The van der Waals surface area contributed by atoms with Gasteiger partial charge in [-0.15, -0.1) is 0 Å². The lowest BCUT2D eigenvalue weighted by Crippen LogP contribution is -2.28. The van der Waals surface area contributed by atoms with Gasteiger partial charge >= 0.3 is 0 Å². The molecule has 0 saturated heterocycles. The molecule has 0 radical (unpaired) electrons. The van der Waals surface area contributed by atoms with Crippen LogP contribution in [0.1, 0.15) is 21.5 Å². The fraction of sp³-hybridized carbons (Fsp3) is 0.130. The number of nitrogens with one attached hydrogen (secondary N) is 2. The van der Waals surface area contributed by atoms with Crippen molar-refractivity contribution in [3.63, 3.8) is 0 Å². The van der Waals surface area contributed by atoms with Gasteiger partial charge in [-0.1, -0.05) is 60.2 Å². The van der Waals surface area contributed by atoms with E-state index in [-0.39, 0.29) is 18.4 Å². The molecule has 2 N–H and O–H groups in total. The fourth-order valence-electron chi connectivity index (χ4n) is 2.60. The van der Waals surface area contributed by atoms with E-state index < -0.39 is 0 Å². The first-order chi connectivity index (χ1) is 13.6. The summed E-state index contributed by atoms with van der Waals surface area (Å²) >= 11 is 0. The zero-order valence-electron chi connectivity index (χ0n) is 15.6. The first-order valence-corrected chi connectivity index (χ1v) is 9.02. The lowest BCUT2D eigenvalue weighted by atomic mass is 10.1. The molecule has 0 aromatic heterocycles. The quantitative estimate of drug-likeness (QED) is 0.658. The number of carbonyl (C=O) groups is 2. The highest BCUT2D eigenvalue weighted by Crippen LogP contribution is 2.19. The molecule has 5 nitrogen and oxygen atoms in total. The van der Waals surface area contributed by atoms with E-state index in [1.165, 1.54) is 5.56 Å². The number of aryl methyl sites for hydroxylation is 1. The van der Waals surface area contributed by atoms with E-state index in [9.17, 15) is 9.59 Å². The molecule has 5 heteroatoms. The van der Waals surface area contributed by atoms with Crippen LogP contribution >= 0.6 is 0 Å². The summed E-state index contributed by atoms with van der Waals surface area (Å²) in [6, 6.07) is 24.0. The largest absolute Gasteiger partial charge is 0.483 e. The SMILES string of the molecule is Cc1ccc(CNC(=O)COc2ccccc2C(=O)Nc2ccccc2)cc1. The van der Waals surface area contributed by atoms with Gasteiger partial charge in [0.05, 0.1) is 5.56 Å². The maximum atomic E-state index is 12.5. The van der Waals surface area contributed by atoms with E-state index in [0.717, 1.165) is 5.56 Å². The Balaban J connectivity index is 1.56. The van der Waals surface area contributed by atoms with Gasteiger partial charge in [-0.2, -0.15) is 0 Å². The first kappa shape index (κ1) is 19.2. The molecule has 0 fully saturated rings. The Kier molecular flexibility index (Phi) is 6.41. The highest BCUT2D eigenvalue weighted by molar-refractivity contribution is 6.06. The van der Waals surface area contributed by atoms with Gasteiger partial charge in [0.15, 0.2) is 6.61 Å². The van der Waals surface area contributed by atoms with Gasteiger partial charge in [0, 0.05) is 12.2 Å². The van der Waals surface area contributed by atoms with Crippen molar-refractivity contribution in [2.75, 3.05) is 11.9 Å². The second kappa shape index (κ2) is 9.37. The van der Waals surface area contributed by atoms with Crippen LogP contribution in [0.25, 0.3) is 0 Å². The average molecular weight is 374 g/mol. The molecule has 0 aliphatic rings. The van der Waals surface area contributed by atoms with E-state index in [4.69, 9.17) is 4.74 Å². The zero-order valence-corrected chi connectivity index (χ0v) is 15.6. The molecule has 3 aromatic carbocycles. The second-order valence-electron chi connectivity index (χ2n) is 6.37. The molecule has 0 unspecified atom stereocenters. The van der Waals surface area contributed by atoms with Crippen LogP contribution in [0.3, 0.4) is 0 Å². The summed E-state index contributed by atoms with van der Waals surface area (Å²) in [6.07, 6.45) is 0. The number of anilines is 1. The van der Waals surface area contributed by atoms with Gasteiger partial charge in [0.1, 0.15) is 5.75 Å². The molecule has 0 atom stereocenters. The Morgan fingerprint density at radius 1 is 0.857 bits per heavy atom. The molecule has 0 heterocycles. The third kappa shape index (κ3) is 5.45. The lowest BCUT2D eigenvalue weighted by molar-refractivity contribution is -0.123. The van der Waals surface area contributed by atoms with Crippen LogP contribution in [0, 0.1) is 6.92 Å². The second-order valence-corrected chi connectivity index (χ2v) is 6.37. The molecule has 142 valence electrons. The highest BCUT2D eigenvalue weighted by atomic mass is 16.5.